The number of hydrogen-bond acceptors (Lipinski definition) is 6. The lowest BCUT2D eigenvalue weighted by atomic mass is 10.00. The highest BCUT2D eigenvalue weighted by Gasteiger charge is 2.33. The van der Waals surface area contributed by atoms with Gasteiger partial charge in [-0.1, -0.05) is 5.16 Å². The molecule has 3 heterocycles. The van der Waals surface area contributed by atoms with Crippen LogP contribution >= 0.6 is 0 Å². The molecule has 1 fully saturated rings. The molecule has 0 unspecified atom stereocenters. The number of aromatic nitrogens is 4. The molecule has 0 spiro atoms. The molecule has 126 valence electrons. The van der Waals surface area contributed by atoms with Gasteiger partial charge in [-0.05, 0) is 40.2 Å². The van der Waals surface area contributed by atoms with Crippen molar-refractivity contribution < 1.29 is 9.26 Å². The zero-order valence-corrected chi connectivity index (χ0v) is 14.3. The van der Waals surface area contributed by atoms with Gasteiger partial charge in [0.05, 0.1) is 5.69 Å². The van der Waals surface area contributed by atoms with Gasteiger partial charge in [0.2, 0.25) is 5.89 Å². The van der Waals surface area contributed by atoms with Crippen molar-refractivity contribution in [1.29, 1.82) is 0 Å². The summed E-state index contributed by atoms with van der Waals surface area (Å²) in [4.78, 5) is 4.23. The normalized spacial score (nSPS) is 21.2. The average molecular weight is 319 g/mol. The summed E-state index contributed by atoms with van der Waals surface area (Å²) in [6, 6.07) is 0.334. The van der Waals surface area contributed by atoms with E-state index in [1.807, 2.05) is 18.7 Å². The first-order valence-electron chi connectivity index (χ1n) is 8.20. The predicted octanol–water partition coefficient (Wildman–Crippen LogP) is 1.78. The van der Waals surface area contributed by atoms with Crippen molar-refractivity contribution in [3.8, 4) is 0 Å². The van der Waals surface area contributed by atoms with Crippen molar-refractivity contribution in [2.24, 2.45) is 7.05 Å². The molecule has 0 saturated carbocycles. The molecule has 1 saturated heterocycles. The van der Waals surface area contributed by atoms with Crippen molar-refractivity contribution in [3.63, 3.8) is 0 Å². The fraction of sp³-hybridized carbons (Fsp3) is 0.688. The van der Waals surface area contributed by atoms with Crippen LogP contribution in [0, 0.1) is 20.8 Å². The quantitative estimate of drug-likeness (QED) is 0.818. The van der Waals surface area contributed by atoms with E-state index in [1.165, 1.54) is 11.3 Å². The molecule has 2 atom stereocenters. The minimum atomic E-state index is 0.0920. The highest BCUT2D eigenvalue weighted by Crippen LogP contribution is 2.33. The van der Waals surface area contributed by atoms with Crippen LogP contribution < -0.4 is 5.32 Å². The van der Waals surface area contributed by atoms with E-state index in [1.54, 1.807) is 0 Å². The van der Waals surface area contributed by atoms with Crippen molar-refractivity contribution in [1.82, 2.24) is 25.2 Å². The van der Waals surface area contributed by atoms with Crippen LogP contribution in [0.2, 0.25) is 0 Å². The first kappa shape index (κ1) is 16.1. The van der Waals surface area contributed by atoms with Gasteiger partial charge in [-0.25, -0.2) is 0 Å². The van der Waals surface area contributed by atoms with Crippen molar-refractivity contribution >= 4 is 0 Å². The molecule has 0 bridgehead atoms. The lowest BCUT2D eigenvalue weighted by Gasteiger charge is -2.20. The molecule has 7 nitrogen and oxygen atoms in total. The molecule has 2 aromatic heterocycles. The average Bonchev–Trinajstić information content (AvgIpc) is 3.18. The van der Waals surface area contributed by atoms with Gasteiger partial charge < -0.3 is 14.6 Å². The fourth-order valence-corrected chi connectivity index (χ4v) is 3.25. The van der Waals surface area contributed by atoms with E-state index in [0.717, 1.165) is 38.1 Å². The Morgan fingerprint density at radius 3 is 2.78 bits per heavy atom. The molecule has 0 radical (unpaired) electrons. The topological polar surface area (TPSA) is 78.0 Å². The number of nitrogens with zero attached hydrogens (tertiary/aromatic N) is 4. The maximum absolute atomic E-state index is 5.99. The molecule has 3 rings (SSSR count). The third-order valence-electron chi connectivity index (χ3n) is 4.48. The van der Waals surface area contributed by atoms with Gasteiger partial charge in [-0.2, -0.15) is 10.1 Å². The standard InChI is InChI=1S/C16H25N5O2/c1-10-15(11(2)21(4)19-10)16-13(7-9-22-16)17-8-5-6-14-18-12(3)20-23-14/h13,16-17H,5-9H2,1-4H3/t13-,16-/m0/s1. The van der Waals surface area contributed by atoms with E-state index >= 15 is 0 Å². The molecular weight excluding hydrogens is 294 g/mol. The lowest BCUT2D eigenvalue weighted by Crippen LogP contribution is -2.33. The number of nitrogens with one attached hydrogen (secondary N) is 1. The minimum Gasteiger partial charge on any atom is -0.372 e. The van der Waals surface area contributed by atoms with Crippen LogP contribution in [0.1, 0.15) is 47.6 Å². The molecule has 0 amide bonds. The highest BCUT2D eigenvalue weighted by molar-refractivity contribution is 5.29. The molecule has 0 aromatic carbocycles. The Bertz CT molecular complexity index is 663. The number of rotatable bonds is 6. The largest absolute Gasteiger partial charge is 0.372 e. The second-order valence-corrected chi connectivity index (χ2v) is 6.19. The maximum Gasteiger partial charge on any atom is 0.226 e. The van der Waals surface area contributed by atoms with Crippen LogP contribution in [0.15, 0.2) is 4.52 Å². The van der Waals surface area contributed by atoms with Crippen LogP contribution in [-0.4, -0.2) is 39.1 Å². The molecule has 1 aliphatic heterocycles. The highest BCUT2D eigenvalue weighted by atomic mass is 16.5. The van der Waals surface area contributed by atoms with Gasteiger partial charge in [-0.3, -0.25) is 4.68 Å². The molecular formula is C16H25N5O2. The Kier molecular flexibility index (Phi) is 4.77. The Hall–Kier alpha value is -1.73. The molecule has 2 aromatic rings. The van der Waals surface area contributed by atoms with E-state index in [0.29, 0.717) is 17.8 Å². The molecule has 7 heteroatoms. The van der Waals surface area contributed by atoms with Gasteiger partial charge >= 0.3 is 0 Å². The van der Waals surface area contributed by atoms with Crippen LogP contribution in [0.5, 0.6) is 0 Å². The smallest absolute Gasteiger partial charge is 0.226 e. The van der Waals surface area contributed by atoms with Crippen LogP contribution in [0.25, 0.3) is 0 Å². The third kappa shape index (κ3) is 3.45. The van der Waals surface area contributed by atoms with Crippen LogP contribution in [0.4, 0.5) is 0 Å². The van der Waals surface area contributed by atoms with Crippen molar-refractivity contribution in [3.05, 3.63) is 28.7 Å². The first-order chi connectivity index (χ1) is 11.1. The van der Waals surface area contributed by atoms with Gasteiger partial charge in [0.15, 0.2) is 5.82 Å². The minimum absolute atomic E-state index is 0.0920. The Morgan fingerprint density at radius 2 is 2.13 bits per heavy atom. The zero-order chi connectivity index (χ0) is 16.4. The summed E-state index contributed by atoms with van der Waals surface area (Å²) >= 11 is 0. The molecule has 1 N–H and O–H groups in total. The number of hydrogen-bond donors (Lipinski definition) is 1. The summed E-state index contributed by atoms with van der Waals surface area (Å²) < 4.78 is 13.1. The predicted molar refractivity (Wildman–Crippen MR) is 85.1 cm³/mol. The molecule has 23 heavy (non-hydrogen) atoms. The summed E-state index contributed by atoms with van der Waals surface area (Å²) in [6.45, 7) is 7.69. The van der Waals surface area contributed by atoms with Crippen LogP contribution in [0.3, 0.4) is 0 Å². The summed E-state index contributed by atoms with van der Waals surface area (Å²) in [6.07, 6.45) is 2.89. The van der Waals surface area contributed by atoms with E-state index in [-0.39, 0.29) is 6.10 Å². The fourth-order valence-electron chi connectivity index (χ4n) is 3.25. The summed E-state index contributed by atoms with van der Waals surface area (Å²) in [5.41, 5.74) is 3.47. The lowest BCUT2D eigenvalue weighted by molar-refractivity contribution is 0.0977. The van der Waals surface area contributed by atoms with Crippen LogP contribution in [-0.2, 0) is 18.2 Å². The van der Waals surface area contributed by atoms with Crippen molar-refractivity contribution in [2.75, 3.05) is 13.2 Å². The summed E-state index contributed by atoms with van der Waals surface area (Å²) in [7, 11) is 1.98. The number of aryl methyl sites for hydroxylation is 4. The second-order valence-electron chi connectivity index (χ2n) is 6.19. The van der Waals surface area contributed by atoms with Gasteiger partial charge in [0.25, 0.3) is 0 Å². The van der Waals surface area contributed by atoms with Crippen molar-refractivity contribution in [2.45, 2.75) is 52.2 Å². The Balaban J connectivity index is 1.55. The second kappa shape index (κ2) is 6.80. The summed E-state index contributed by atoms with van der Waals surface area (Å²) in [5, 5.41) is 11.9. The molecule has 1 aliphatic rings. The monoisotopic (exact) mass is 319 g/mol. The summed E-state index contributed by atoms with van der Waals surface area (Å²) in [5.74, 6) is 1.40. The number of ether oxygens (including phenoxy) is 1. The van der Waals surface area contributed by atoms with E-state index in [4.69, 9.17) is 9.26 Å². The molecule has 0 aliphatic carbocycles. The third-order valence-corrected chi connectivity index (χ3v) is 4.48. The Labute approximate surface area is 136 Å². The van der Waals surface area contributed by atoms with E-state index in [9.17, 15) is 0 Å². The maximum atomic E-state index is 5.99. The first-order valence-corrected chi connectivity index (χ1v) is 8.20. The van der Waals surface area contributed by atoms with Gasteiger partial charge in [0, 0.05) is 37.4 Å². The zero-order valence-electron chi connectivity index (χ0n) is 14.3. The SMILES string of the molecule is Cc1noc(CCCN[C@H]2CCO[C@@H]2c2c(C)nn(C)c2C)n1. The van der Waals surface area contributed by atoms with E-state index in [2.05, 4.69) is 34.4 Å². The Morgan fingerprint density at radius 1 is 1.30 bits per heavy atom. The van der Waals surface area contributed by atoms with Gasteiger partial charge in [0.1, 0.15) is 6.10 Å². The van der Waals surface area contributed by atoms with E-state index < -0.39 is 0 Å². The van der Waals surface area contributed by atoms with Gasteiger partial charge in [-0.15, -0.1) is 0 Å².